The molecule has 1 aliphatic heterocycles. The van der Waals surface area contributed by atoms with E-state index in [4.69, 9.17) is 5.11 Å². The molecule has 1 saturated heterocycles. The van der Waals surface area contributed by atoms with Crippen LogP contribution in [0.2, 0.25) is 0 Å². The molecule has 2 rings (SSSR count). The average molecular weight is 287 g/mol. The number of hydrogen-bond acceptors (Lipinski definition) is 3. The Morgan fingerprint density at radius 3 is 2.63 bits per heavy atom. The molecule has 0 spiro atoms. The molecule has 1 atom stereocenters. The zero-order chi connectivity index (χ0) is 14.2. The number of rotatable bonds is 3. The van der Waals surface area contributed by atoms with E-state index in [1.165, 1.54) is 4.31 Å². The Morgan fingerprint density at radius 1 is 1.47 bits per heavy atom. The van der Waals surface area contributed by atoms with Crippen LogP contribution in [0.15, 0.2) is 23.1 Å². The predicted molar refractivity (Wildman–Crippen MR) is 65.9 cm³/mol. The van der Waals surface area contributed by atoms with Gasteiger partial charge in [-0.1, -0.05) is 0 Å². The smallest absolute Gasteiger partial charge is 0.335 e. The quantitative estimate of drug-likeness (QED) is 0.918. The molecule has 0 radical (unpaired) electrons. The number of halogens is 1. The third-order valence-electron chi connectivity index (χ3n) is 3.26. The Hall–Kier alpha value is -1.47. The summed E-state index contributed by atoms with van der Waals surface area (Å²) in [4.78, 5) is 10.2. The van der Waals surface area contributed by atoms with Gasteiger partial charge in [-0.05, 0) is 38.0 Å². The second-order valence-corrected chi connectivity index (χ2v) is 6.42. The van der Waals surface area contributed by atoms with Crippen molar-refractivity contribution in [1.82, 2.24) is 4.31 Å². The number of carboxylic acids is 1. The van der Waals surface area contributed by atoms with Gasteiger partial charge >= 0.3 is 5.97 Å². The maximum absolute atomic E-state index is 13.8. The number of carboxylic acid groups (broad SMARTS) is 1. The third kappa shape index (κ3) is 2.48. The van der Waals surface area contributed by atoms with E-state index in [-0.39, 0.29) is 11.6 Å². The van der Waals surface area contributed by atoms with Gasteiger partial charge in [0.2, 0.25) is 10.0 Å². The summed E-state index contributed by atoms with van der Waals surface area (Å²) < 4.78 is 39.6. The summed E-state index contributed by atoms with van der Waals surface area (Å²) in [7, 11) is -3.90. The maximum Gasteiger partial charge on any atom is 0.335 e. The van der Waals surface area contributed by atoms with Crippen LogP contribution in [-0.2, 0) is 10.0 Å². The van der Waals surface area contributed by atoms with Crippen LogP contribution in [0.4, 0.5) is 4.39 Å². The molecule has 0 saturated carbocycles. The number of benzene rings is 1. The first kappa shape index (κ1) is 14.0. The van der Waals surface area contributed by atoms with Crippen LogP contribution >= 0.6 is 0 Å². The lowest BCUT2D eigenvalue weighted by Crippen LogP contribution is -2.34. The molecule has 1 unspecified atom stereocenters. The summed E-state index contributed by atoms with van der Waals surface area (Å²) in [5, 5.41) is 8.73. The van der Waals surface area contributed by atoms with E-state index in [1.807, 2.05) is 0 Å². The molecule has 19 heavy (non-hydrogen) atoms. The molecule has 5 nitrogen and oxygen atoms in total. The van der Waals surface area contributed by atoms with Crippen molar-refractivity contribution >= 4 is 16.0 Å². The molecule has 0 bridgehead atoms. The molecule has 104 valence electrons. The first-order valence-electron chi connectivity index (χ1n) is 5.88. The molecular formula is C12H14FNO4S. The lowest BCUT2D eigenvalue weighted by Gasteiger charge is -2.21. The molecule has 1 aliphatic rings. The zero-order valence-corrected chi connectivity index (χ0v) is 11.2. The predicted octanol–water partition coefficient (Wildman–Crippen LogP) is 1.70. The van der Waals surface area contributed by atoms with E-state index in [0.29, 0.717) is 6.54 Å². The highest BCUT2D eigenvalue weighted by Crippen LogP contribution is 2.27. The van der Waals surface area contributed by atoms with Gasteiger partial charge in [0.15, 0.2) is 0 Å². The highest BCUT2D eigenvalue weighted by molar-refractivity contribution is 7.89. The van der Waals surface area contributed by atoms with Crippen molar-refractivity contribution in [2.24, 2.45) is 0 Å². The lowest BCUT2D eigenvalue weighted by atomic mass is 10.2. The van der Waals surface area contributed by atoms with Crippen molar-refractivity contribution in [3.8, 4) is 0 Å². The Bertz CT molecular complexity index is 614. The second kappa shape index (κ2) is 4.90. The molecule has 1 N–H and O–H groups in total. The van der Waals surface area contributed by atoms with Gasteiger partial charge in [-0.15, -0.1) is 0 Å². The zero-order valence-electron chi connectivity index (χ0n) is 10.3. The first-order chi connectivity index (χ1) is 8.84. The summed E-state index contributed by atoms with van der Waals surface area (Å²) in [6.45, 7) is 2.14. The Balaban J connectivity index is 2.44. The largest absolute Gasteiger partial charge is 0.478 e. The van der Waals surface area contributed by atoms with Crippen molar-refractivity contribution in [3.05, 3.63) is 29.6 Å². The summed E-state index contributed by atoms with van der Waals surface area (Å²) in [5.74, 6) is -2.32. The van der Waals surface area contributed by atoms with Gasteiger partial charge in [0.05, 0.1) is 5.56 Å². The first-order valence-corrected chi connectivity index (χ1v) is 7.32. The molecule has 0 aromatic heterocycles. The molecule has 1 aromatic carbocycles. The topological polar surface area (TPSA) is 74.7 Å². The van der Waals surface area contributed by atoms with Crippen LogP contribution in [-0.4, -0.2) is 36.4 Å². The van der Waals surface area contributed by atoms with E-state index < -0.39 is 26.7 Å². The van der Waals surface area contributed by atoms with E-state index in [2.05, 4.69) is 0 Å². The van der Waals surface area contributed by atoms with Gasteiger partial charge in [-0.3, -0.25) is 0 Å². The SMILES string of the molecule is CC1CCCN1S(=O)(=O)c1ccc(C(=O)O)cc1F. The fourth-order valence-corrected chi connectivity index (χ4v) is 3.98. The molecular weight excluding hydrogens is 273 g/mol. The minimum atomic E-state index is -3.90. The van der Waals surface area contributed by atoms with Gasteiger partial charge in [-0.2, -0.15) is 4.31 Å². The summed E-state index contributed by atoms with van der Waals surface area (Å²) in [6, 6.07) is 2.68. The molecule has 7 heteroatoms. The summed E-state index contributed by atoms with van der Waals surface area (Å²) in [5.41, 5.74) is -0.272. The standard InChI is InChI=1S/C12H14FNO4S/c1-8-3-2-6-14(8)19(17,18)11-5-4-9(12(15)16)7-10(11)13/h4-5,7-8H,2-3,6H2,1H3,(H,15,16). The summed E-state index contributed by atoms with van der Waals surface area (Å²) >= 11 is 0. The number of aromatic carboxylic acids is 1. The highest BCUT2D eigenvalue weighted by Gasteiger charge is 2.34. The Labute approximate surface area is 110 Å². The molecule has 1 aromatic rings. The van der Waals surface area contributed by atoms with Gasteiger partial charge < -0.3 is 5.11 Å². The van der Waals surface area contributed by atoms with Crippen molar-refractivity contribution in [2.45, 2.75) is 30.7 Å². The monoisotopic (exact) mass is 287 g/mol. The molecule has 1 fully saturated rings. The van der Waals surface area contributed by atoms with Crippen molar-refractivity contribution in [2.75, 3.05) is 6.54 Å². The normalized spacial score (nSPS) is 20.6. The van der Waals surface area contributed by atoms with Gasteiger partial charge in [0, 0.05) is 12.6 Å². The van der Waals surface area contributed by atoms with E-state index in [1.54, 1.807) is 6.92 Å². The third-order valence-corrected chi connectivity index (χ3v) is 5.30. The molecule has 0 aliphatic carbocycles. The van der Waals surface area contributed by atoms with Crippen molar-refractivity contribution in [3.63, 3.8) is 0 Å². The minimum absolute atomic E-state index is 0.163. The van der Waals surface area contributed by atoms with E-state index in [9.17, 15) is 17.6 Å². The van der Waals surface area contributed by atoms with E-state index >= 15 is 0 Å². The van der Waals surface area contributed by atoms with Crippen LogP contribution in [0.1, 0.15) is 30.1 Å². The second-order valence-electron chi connectivity index (χ2n) is 4.56. The average Bonchev–Trinajstić information content (AvgIpc) is 2.75. The van der Waals surface area contributed by atoms with Gasteiger partial charge in [0.25, 0.3) is 0 Å². The van der Waals surface area contributed by atoms with Crippen molar-refractivity contribution < 1.29 is 22.7 Å². The van der Waals surface area contributed by atoms with Crippen LogP contribution in [0, 0.1) is 5.82 Å². The minimum Gasteiger partial charge on any atom is -0.478 e. The summed E-state index contributed by atoms with van der Waals surface area (Å²) in [6.07, 6.45) is 1.49. The Morgan fingerprint density at radius 2 is 2.16 bits per heavy atom. The molecule has 1 heterocycles. The van der Waals surface area contributed by atoms with Gasteiger partial charge in [-0.25, -0.2) is 17.6 Å². The van der Waals surface area contributed by atoms with Crippen LogP contribution in [0.25, 0.3) is 0 Å². The van der Waals surface area contributed by atoms with Crippen LogP contribution in [0.5, 0.6) is 0 Å². The molecule has 0 amide bonds. The highest BCUT2D eigenvalue weighted by atomic mass is 32.2. The Kier molecular flexibility index (Phi) is 3.60. The van der Waals surface area contributed by atoms with Crippen molar-refractivity contribution in [1.29, 1.82) is 0 Å². The van der Waals surface area contributed by atoms with Gasteiger partial charge in [0.1, 0.15) is 10.7 Å². The number of nitrogens with zero attached hydrogens (tertiary/aromatic N) is 1. The fraction of sp³-hybridized carbons (Fsp3) is 0.417. The maximum atomic E-state index is 13.8. The fourth-order valence-electron chi connectivity index (χ4n) is 2.23. The van der Waals surface area contributed by atoms with Crippen LogP contribution < -0.4 is 0 Å². The number of carbonyl (C=O) groups is 1. The number of hydrogen-bond donors (Lipinski definition) is 1. The van der Waals surface area contributed by atoms with Crippen LogP contribution in [0.3, 0.4) is 0 Å². The van der Waals surface area contributed by atoms with E-state index in [0.717, 1.165) is 31.0 Å². The lowest BCUT2D eigenvalue weighted by molar-refractivity contribution is 0.0696. The number of sulfonamides is 1.